The maximum Gasteiger partial charge on any atom is 0.289 e. The van der Waals surface area contributed by atoms with Crippen molar-refractivity contribution in [1.29, 1.82) is 0 Å². The van der Waals surface area contributed by atoms with Crippen LogP contribution in [0.4, 0.5) is 0 Å². The van der Waals surface area contributed by atoms with Crippen molar-refractivity contribution in [2.24, 2.45) is 0 Å². The van der Waals surface area contributed by atoms with Gasteiger partial charge in [-0.2, -0.15) is 0 Å². The lowest BCUT2D eigenvalue weighted by molar-refractivity contribution is 0.0913. The number of nitrogens with zero attached hydrogens (tertiary/aromatic N) is 1. The van der Waals surface area contributed by atoms with Crippen LogP contribution in [-0.4, -0.2) is 10.9 Å². The molecule has 1 N–H and O–H groups in total. The van der Waals surface area contributed by atoms with Gasteiger partial charge in [-0.25, -0.2) is 4.98 Å². The molecule has 22 heavy (non-hydrogen) atoms. The molecule has 4 nitrogen and oxygen atoms in total. The molecule has 4 heteroatoms. The largest absolute Gasteiger partial charge is 0.438 e. The molecule has 0 saturated carbocycles. The van der Waals surface area contributed by atoms with Crippen LogP contribution < -0.4 is 5.32 Å². The third kappa shape index (κ3) is 2.91. The third-order valence-corrected chi connectivity index (χ3v) is 3.47. The van der Waals surface area contributed by atoms with E-state index >= 15 is 0 Å². The Morgan fingerprint density at radius 1 is 1.05 bits per heavy atom. The number of rotatable bonds is 4. The molecule has 0 fully saturated rings. The molecule has 0 aliphatic carbocycles. The van der Waals surface area contributed by atoms with Crippen molar-refractivity contribution in [3.05, 3.63) is 78.4 Å². The van der Waals surface area contributed by atoms with Crippen molar-refractivity contribution in [2.75, 3.05) is 0 Å². The average Bonchev–Trinajstić information content (AvgIpc) is 3.06. The molecule has 1 unspecified atom stereocenters. The van der Waals surface area contributed by atoms with Gasteiger partial charge in [-0.3, -0.25) is 4.79 Å². The van der Waals surface area contributed by atoms with Crippen LogP contribution in [0.25, 0.3) is 11.3 Å². The summed E-state index contributed by atoms with van der Waals surface area (Å²) in [4.78, 5) is 16.6. The van der Waals surface area contributed by atoms with Gasteiger partial charge >= 0.3 is 0 Å². The number of aromatic nitrogens is 1. The van der Waals surface area contributed by atoms with E-state index in [9.17, 15) is 4.79 Å². The maximum absolute atomic E-state index is 12.4. The molecule has 3 aromatic rings. The van der Waals surface area contributed by atoms with Gasteiger partial charge in [0.05, 0.1) is 6.04 Å². The fourth-order valence-electron chi connectivity index (χ4n) is 2.30. The van der Waals surface area contributed by atoms with E-state index in [4.69, 9.17) is 4.42 Å². The number of oxazole rings is 1. The molecule has 1 amide bonds. The normalized spacial score (nSPS) is 11.9. The second kappa shape index (κ2) is 6.26. The topological polar surface area (TPSA) is 55.1 Å². The molecule has 1 atom stereocenters. The lowest BCUT2D eigenvalue weighted by atomic mass is 10.1. The third-order valence-electron chi connectivity index (χ3n) is 3.47. The molecule has 0 spiro atoms. The molecule has 3 rings (SSSR count). The molecule has 0 radical (unpaired) electrons. The fourth-order valence-corrected chi connectivity index (χ4v) is 2.30. The Labute approximate surface area is 128 Å². The van der Waals surface area contributed by atoms with Gasteiger partial charge in [0.1, 0.15) is 5.69 Å². The molecule has 0 aliphatic rings. The fraction of sp³-hybridized carbons (Fsp3) is 0.111. The van der Waals surface area contributed by atoms with E-state index in [-0.39, 0.29) is 17.7 Å². The number of benzene rings is 2. The summed E-state index contributed by atoms with van der Waals surface area (Å²) in [5.41, 5.74) is 2.45. The van der Waals surface area contributed by atoms with E-state index in [2.05, 4.69) is 10.3 Å². The van der Waals surface area contributed by atoms with Gasteiger partial charge in [0, 0.05) is 5.56 Å². The predicted octanol–water partition coefficient (Wildman–Crippen LogP) is 3.83. The smallest absolute Gasteiger partial charge is 0.289 e. The van der Waals surface area contributed by atoms with Crippen molar-refractivity contribution >= 4 is 5.91 Å². The highest BCUT2D eigenvalue weighted by molar-refractivity contribution is 5.97. The monoisotopic (exact) mass is 292 g/mol. The first-order valence-electron chi connectivity index (χ1n) is 7.10. The van der Waals surface area contributed by atoms with Crippen LogP contribution in [0, 0.1) is 0 Å². The molecule has 0 aliphatic heterocycles. The molecule has 1 aromatic heterocycles. The second-order valence-corrected chi connectivity index (χ2v) is 5.00. The molecule has 0 bridgehead atoms. The summed E-state index contributed by atoms with van der Waals surface area (Å²) >= 11 is 0. The van der Waals surface area contributed by atoms with Gasteiger partial charge in [0.2, 0.25) is 5.76 Å². The Balaban J connectivity index is 1.81. The first-order chi connectivity index (χ1) is 10.8. The van der Waals surface area contributed by atoms with Gasteiger partial charge in [0.25, 0.3) is 5.91 Å². The van der Waals surface area contributed by atoms with Gasteiger partial charge in [0.15, 0.2) is 6.39 Å². The molecular formula is C18H16N2O2. The summed E-state index contributed by atoms with van der Waals surface area (Å²) in [5, 5.41) is 2.94. The highest BCUT2D eigenvalue weighted by Crippen LogP contribution is 2.22. The zero-order valence-electron chi connectivity index (χ0n) is 12.2. The summed E-state index contributed by atoms with van der Waals surface area (Å²) in [6, 6.07) is 19.2. The summed E-state index contributed by atoms with van der Waals surface area (Å²) < 4.78 is 5.29. The highest BCUT2D eigenvalue weighted by Gasteiger charge is 2.20. The van der Waals surface area contributed by atoms with Gasteiger partial charge in [-0.1, -0.05) is 60.7 Å². The second-order valence-electron chi connectivity index (χ2n) is 5.00. The Morgan fingerprint density at radius 2 is 1.68 bits per heavy atom. The minimum Gasteiger partial charge on any atom is -0.438 e. The minimum atomic E-state index is -0.271. The maximum atomic E-state index is 12.4. The first-order valence-corrected chi connectivity index (χ1v) is 7.10. The van der Waals surface area contributed by atoms with Crippen LogP contribution in [0.2, 0.25) is 0 Å². The molecular weight excluding hydrogens is 276 g/mol. The number of nitrogens with one attached hydrogen (secondary N) is 1. The number of hydrogen-bond acceptors (Lipinski definition) is 3. The summed E-state index contributed by atoms with van der Waals surface area (Å²) in [7, 11) is 0. The van der Waals surface area contributed by atoms with Gasteiger partial charge < -0.3 is 9.73 Å². The van der Waals surface area contributed by atoms with Gasteiger partial charge in [-0.05, 0) is 12.5 Å². The predicted molar refractivity (Wildman–Crippen MR) is 84.3 cm³/mol. The van der Waals surface area contributed by atoms with Crippen LogP contribution in [0.3, 0.4) is 0 Å². The van der Waals surface area contributed by atoms with E-state index < -0.39 is 0 Å². The lowest BCUT2D eigenvalue weighted by Crippen LogP contribution is -2.26. The van der Waals surface area contributed by atoms with Crippen molar-refractivity contribution in [1.82, 2.24) is 10.3 Å². The first kappa shape index (κ1) is 14.1. The number of hydrogen-bond donors (Lipinski definition) is 1. The quantitative estimate of drug-likeness (QED) is 0.795. The lowest BCUT2D eigenvalue weighted by Gasteiger charge is -2.13. The Morgan fingerprint density at radius 3 is 2.36 bits per heavy atom. The van der Waals surface area contributed by atoms with Crippen molar-refractivity contribution in [3.8, 4) is 11.3 Å². The molecule has 1 heterocycles. The standard InChI is InChI=1S/C18H16N2O2/c1-13(14-8-4-2-5-9-14)20-18(21)17-16(19-12-22-17)15-10-6-3-7-11-15/h2-13H,1H3,(H,20,21). The number of amides is 1. The SMILES string of the molecule is CC(NC(=O)c1ocnc1-c1ccccc1)c1ccccc1. The van der Waals surface area contributed by atoms with Gasteiger partial charge in [-0.15, -0.1) is 0 Å². The number of carbonyl (C=O) groups excluding carboxylic acids is 1. The Bertz CT molecular complexity index is 751. The summed E-state index contributed by atoms with van der Waals surface area (Å²) in [5.74, 6) is -0.0401. The van der Waals surface area contributed by atoms with Crippen LogP contribution in [0.1, 0.15) is 29.1 Å². The van der Waals surface area contributed by atoms with Crippen LogP contribution >= 0.6 is 0 Å². The number of carbonyl (C=O) groups is 1. The minimum absolute atomic E-state index is 0.109. The van der Waals surface area contributed by atoms with Crippen molar-refractivity contribution in [2.45, 2.75) is 13.0 Å². The van der Waals surface area contributed by atoms with Crippen LogP contribution in [-0.2, 0) is 0 Å². The van der Waals surface area contributed by atoms with E-state index in [0.29, 0.717) is 5.69 Å². The molecule has 110 valence electrons. The van der Waals surface area contributed by atoms with E-state index in [0.717, 1.165) is 11.1 Å². The Kier molecular flexibility index (Phi) is 4.01. The molecule has 0 saturated heterocycles. The van der Waals surface area contributed by atoms with Crippen molar-refractivity contribution < 1.29 is 9.21 Å². The zero-order chi connectivity index (χ0) is 15.4. The molecule has 2 aromatic carbocycles. The Hall–Kier alpha value is -2.88. The van der Waals surface area contributed by atoms with E-state index in [1.54, 1.807) is 0 Å². The summed E-state index contributed by atoms with van der Waals surface area (Å²) in [6.07, 6.45) is 1.30. The summed E-state index contributed by atoms with van der Waals surface area (Å²) in [6.45, 7) is 1.94. The zero-order valence-corrected chi connectivity index (χ0v) is 12.2. The van der Waals surface area contributed by atoms with E-state index in [1.165, 1.54) is 6.39 Å². The highest BCUT2D eigenvalue weighted by atomic mass is 16.3. The van der Waals surface area contributed by atoms with Crippen LogP contribution in [0.5, 0.6) is 0 Å². The van der Waals surface area contributed by atoms with E-state index in [1.807, 2.05) is 67.6 Å². The van der Waals surface area contributed by atoms with Crippen molar-refractivity contribution in [3.63, 3.8) is 0 Å². The van der Waals surface area contributed by atoms with Crippen LogP contribution in [0.15, 0.2) is 71.5 Å². The average molecular weight is 292 g/mol.